The van der Waals surface area contributed by atoms with Gasteiger partial charge in [-0.25, -0.2) is 0 Å². The average molecular weight is 170 g/mol. The lowest BCUT2D eigenvalue weighted by Crippen LogP contribution is -2.43. The van der Waals surface area contributed by atoms with Crippen LogP contribution in [-0.4, -0.2) is 24.8 Å². The van der Waals surface area contributed by atoms with E-state index in [2.05, 4.69) is 34.6 Å². The van der Waals surface area contributed by atoms with Gasteiger partial charge in [0, 0.05) is 19.5 Å². The van der Waals surface area contributed by atoms with Crippen LogP contribution in [0.2, 0.25) is 0 Å². The number of nitrogens with one attached hydrogen (secondary N) is 1. The highest BCUT2D eigenvalue weighted by atomic mass is 15.1. The Morgan fingerprint density at radius 3 is 1.42 bits per heavy atom. The van der Waals surface area contributed by atoms with Crippen LogP contribution in [0.1, 0.15) is 34.6 Å². The summed E-state index contributed by atoms with van der Waals surface area (Å²) in [6.07, 6.45) is 0. The van der Waals surface area contributed by atoms with E-state index in [1.807, 2.05) is 19.0 Å². The van der Waals surface area contributed by atoms with Gasteiger partial charge in [-0.2, -0.15) is 0 Å². The summed E-state index contributed by atoms with van der Waals surface area (Å²) in [5, 5.41) is 7.93. The molecular formula is C10H22N2. The van der Waals surface area contributed by atoms with E-state index in [1.54, 1.807) is 0 Å². The summed E-state index contributed by atoms with van der Waals surface area (Å²) in [6.45, 7) is 10.8. The van der Waals surface area contributed by atoms with E-state index in [1.165, 1.54) is 0 Å². The Labute approximate surface area is 76.5 Å². The molecule has 0 spiro atoms. The monoisotopic (exact) mass is 170 g/mol. The third-order valence-electron chi connectivity index (χ3n) is 2.91. The van der Waals surface area contributed by atoms with Crippen molar-refractivity contribution in [3.8, 4) is 0 Å². The van der Waals surface area contributed by atoms with Crippen LogP contribution in [0.3, 0.4) is 0 Å². The van der Waals surface area contributed by atoms with Gasteiger partial charge in [0.1, 0.15) is 5.84 Å². The number of nitrogens with zero attached hydrogens (tertiary/aromatic N) is 1. The quantitative estimate of drug-likeness (QED) is 0.475. The first-order chi connectivity index (χ1) is 5.10. The molecule has 72 valence electrons. The minimum absolute atomic E-state index is 0.0729. The van der Waals surface area contributed by atoms with Crippen molar-refractivity contribution < 1.29 is 0 Å². The number of amidine groups is 1. The van der Waals surface area contributed by atoms with Gasteiger partial charge in [-0.3, -0.25) is 5.41 Å². The fourth-order valence-corrected chi connectivity index (χ4v) is 0.914. The zero-order chi connectivity index (χ0) is 10.2. The maximum absolute atomic E-state index is 7.93. The number of hydrogen-bond acceptors (Lipinski definition) is 1. The molecule has 0 unspecified atom stereocenters. The molecule has 2 nitrogen and oxygen atoms in total. The van der Waals surface area contributed by atoms with Crippen molar-refractivity contribution in [2.24, 2.45) is 10.8 Å². The Balaban J connectivity index is 4.74. The predicted octanol–water partition coefficient (Wildman–Crippen LogP) is 2.60. The molecule has 0 atom stereocenters. The Morgan fingerprint density at radius 2 is 1.33 bits per heavy atom. The van der Waals surface area contributed by atoms with Crippen molar-refractivity contribution in [1.82, 2.24) is 4.90 Å². The Kier molecular flexibility index (Phi) is 2.94. The third kappa shape index (κ3) is 1.99. The van der Waals surface area contributed by atoms with E-state index >= 15 is 0 Å². The molecule has 0 aliphatic heterocycles. The first-order valence-corrected chi connectivity index (χ1v) is 4.37. The van der Waals surface area contributed by atoms with Gasteiger partial charge in [0.25, 0.3) is 0 Å². The largest absolute Gasteiger partial charge is 0.366 e. The van der Waals surface area contributed by atoms with Crippen molar-refractivity contribution in [2.75, 3.05) is 14.1 Å². The van der Waals surface area contributed by atoms with Crippen molar-refractivity contribution in [2.45, 2.75) is 34.6 Å². The fraction of sp³-hybridized carbons (Fsp3) is 0.900. The summed E-state index contributed by atoms with van der Waals surface area (Å²) in [7, 11) is 3.85. The summed E-state index contributed by atoms with van der Waals surface area (Å²) in [5.41, 5.74) is 0.0604. The van der Waals surface area contributed by atoms with Gasteiger partial charge in [-0.05, 0) is 5.41 Å². The second-order valence-corrected chi connectivity index (χ2v) is 5.12. The topological polar surface area (TPSA) is 27.1 Å². The lowest BCUT2D eigenvalue weighted by atomic mass is 9.68. The molecule has 0 aliphatic rings. The second-order valence-electron chi connectivity index (χ2n) is 5.12. The molecule has 0 radical (unpaired) electrons. The molecule has 0 heterocycles. The standard InChI is InChI=1S/C10H22N2/c1-9(2,3)10(4,5)8(11)12(6)7/h11H,1-7H3. The van der Waals surface area contributed by atoms with Crippen LogP contribution in [0.5, 0.6) is 0 Å². The molecule has 12 heavy (non-hydrogen) atoms. The Bertz CT molecular complexity index is 173. The zero-order valence-corrected chi connectivity index (χ0v) is 9.45. The maximum Gasteiger partial charge on any atom is 0.102 e. The van der Waals surface area contributed by atoms with Crippen molar-refractivity contribution in [3.05, 3.63) is 0 Å². The second kappa shape index (κ2) is 3.08. The first-order valence-electron chi connectivity index (χ1n) is 4.37. The van der Waals surface area contributed by atoms with Crippen molar-refractivity contribution >= 4 is 5.84 Å². The molecular weight excluding hydrogens is 148 g/mol. The molecule has 1 N–H and O–H groups in total. The minimum atomic E-state index is -0.0729. The van der Waals surface area contributed by atoms with E-state index in [-0.39, 0.29) is 10.8 Å². The van der Waals surface area contributed by atoms with Gasteiger partial charge >= 0.3 is 0 Å². The normalized spacial score (nSPS) is 12.9. The molecule has 0 fully saturated rings. The highest BCUT2D eigenvalue weighted by Crippen LogP contribution is 2.38. The third-order valence-corrected chi connectivity index (χ3v) is 2.91. The van der Waals surface area contributed by atoms with Crippen LogP contribution in [-0.2, 0) is 0 Å². The van der Waals surface area contributed by atoms with Crippen LogP contribution >= 0.6 is 0 Å². The number of rotatable bonds is 1. The smallest absolute Gasteiger partial charge is 0.102 e. The molecule has 0 bridgehead atoms. The molecule has 0 aromatic rings. The van der Waals surface area contributed by atoms with Crippen LogP contribution in [0, 0.1) is 16.2 Å². The highest BCUT2D eigenvalue weighted by Gasteiger charge is 2.37. The summed E-state index contributed by atoms with van der Waals surface area (Å²) in [6, 6.07) is 0. The van der Waals surface area contributed by atoms with E-state index in [4.69, 9.17) is 5.41 Å². The molecule has 0 aliphatic carbocycles. The lowest BCUT2D eigenvalue weighted by Gasteiger charge is -2.41. The van der Waals surface area contributed by atoms with E-state index in [9.17, 15) is 0 Å². The van der Waals surface area contributed by atoms with Crippen LogP contribution < -0.4 is 0 Å². The fourth-order valence-electron chi connectivity index (χ4n) is 0.914. The SMILES string of the molecule is CN(C)C(=N)C(C)(C)C(C)(C)C. The van der Waals surface area contributed by atoms with Gasteiger partial charge in [0.2, 0.25) is 0 Å². The molecule has 2 heteroatoms. The minimum Gasteiger partial charge on any atom is -0.366 e. The van der Waals surface area contributed by atoms with Gasteiger partial charge in [-0.15, -0.1) is 0 Å². The molecule has 0 aromatic heterocycles. The van der Waals surface area contributed by atoms with Crippen molar-refractivity contribution in [1.29, 1.82) is 5.41 Å². The molecule has 0 rings (SSSR count). The van der Waals surface area contributed by atoms with Gasteiger partial charge < -0.3 is 4.90 Å². The summed E-state index contributed by atoms with van der Waals surface area (Å²) in [5.74, 6) is 0.690. The highest BCUT2D eigenvalue weighted by molar-refractivity contribution is 5.84. The van der Waals surface area contributed by atoms with E-state index in [0.29, 0.717) is 5.84 Å². The van der Waals surface area contributed by atoms with E-state index in [0.717, 1.165) is 0 Å². The first kappa shape index (κ1) is 11.5. The molecule has 0 saturated heterocycles. The van der Waals surface area contributed by atoms with Gasteiger partial charge in [0.05, 0.1) is 0 Å². The summed E-state index contributed by atoms with van der Waals surface area (Å²) >= 11 is 0. The average Bonchev–Trinajstić information content (AvgIpc) is 1.83. The van der Waals surface area contributed by atoms with E-state index < -0.39 is 0 Å². The Hall–Kier alpha value is -0.530. The molecule has 0 saturated carbocycles. The predicted molar refractivity (Wildman–Crippen MR) is 54.6 cm³/mol. The molecule has 0 aromatic carbocycles. The summed E-state index contributed by atoms with van der Waals surface area (Å²) in [4.78, 5) is 1.88. The summed E-state index contributed by atoms with van der Waals surface area (Å²) < 4.78 is 0. The van der Waals surface area contributed by atoms with Crippen molar-refractivity contribution in [3.63, 3.8) is 0 Å². The van der Waals surface area contributed by atoms with Crippen LogP contribution in [0.25, 0.3) is 0 Å². The maximum atomic E-state index is 7.93. The number of hydrogen-bond donors (Lipinski definition) is 1. The van der Waals surface area contributed by atoms with Gasteiger partial charge in [-0.1, -0.05) is 34.6 Å². The zero-order valence-electron chi connectivity index (χ0n) is 9.45. The van der Waals surface area contributed by atoms with Crippen LogP contribution in [0.4, 0.5) is 0 Å². The Morgan fingerprint density at radius 1 is 1.00 bits per heavy atom. The molecule has 0 amide bonds. The van der Waals surface area contributed by atoms with Gasteiger partial charge in [0.15, 0.2) is 0 Å². The lowest BCUT2D eigenvalue weighted by molar-refractivity contribution is 0.198. The van der Waals surface area contributed by atoms with Crippen LogP contribution in [0.15, 0.2) is 0 Å².